The van der Waals surface area contributed by atoms with E-state index in [0.29, 0.717) is 41.7 Å². The maximum absolute atomic E-state index is 12.8. The van der Waals surface area contributed by atoms with E-state index in [4.69, 9.17) is 28.5 Å². The predicted octanol–water partition coefficient (Wildman–Crippen LogP) is 4.81. The number of benzene rings is 2. The lowest BCUT2D eigenvalue weighted by Gasteiger charge is -2.24. The number of methoxy groups -OCH3 is 4. The van der Waals surface area contributed by atoms with Crippen molar-refractivity contribution in [3.8, 4) is 28.7 Å². The van der Waals surface area contributed by atoms with E-state index in [2.05, 4.69) is 5.32 Å². The van der Waals surface area contributed by atoms with E-state index in [0.717, 1.165) is 29.0 Å². The molecule has 1 fully saturated rings. The fraction of sp³-hybridized carbons (Fsp3) is 0.455. The molecule has 47 heavy (non-hydrogen) atoms. The standard InChI is InChI=1S/C33H43N3O10S/c1-35(17-15-34-30(37)9-8-11-32(39)46-36-16-7-6-10-31(36)38)33(40)45-29-19-23(12-13-26(29)42-3)22-47-18-14-25-27(43-4)20-24(41-2)21-28(25)44-5/h12-14,18-21H,6-11,15-17,22H2,1-5H3,(H,34,37)/b18-14+. The minimum atomic E-state index is -0.615. The Labute approximate surface area is 279 Å². The molecule has 0 aliphatic carbocycles. The summed E-state index contributed by atoms with van der Waals surface area (Å²) in [6, 6.07) is 8.93. The number of ether oxygens (including phenoxy) is 5. The molecule has 14 heteroatoms. The van der Waals surface area contributed by atoms with E-state index in [1.165, 1.54) is 23.8 Å². The van der Waals surface area contributed by atoms with E-state index in [-0.39, 0.29) is 49.9 Å². The maximum atomic E-state index is 12.8. The second-order valence-corrected chi connectivity index (χ2v) is 11.3. The monoisotopic (exact) mass is 673 g/mol. The van der Waals surface area contributed by atoms with Crippen LogP contribution in [-0.2, 0) is 25.0 Å². The fourth-order valence-corrected chi connectivity index (χ4v) is 5.20. The van der Waals surface area contributed by atoms with Gasteiger partial charge in [-0.15, -0.1) is 11.8 Å². The van der Waals surface area contributed by atoms with Gasteiger partial charge in [0.1, 0.15) is 17.2 Å². The van der Waals surface area contributed by atoms with Crippen LogP contribution in [0.25, 0.3) is 6.08 Å². The Bertz CT molecular complexity index is 1390. The van der Waals surface area contributed by atoms with Gasteiger partial charge in [0.2, 0.25) is 5.91 Å². The van der Waals surface area contributed by atoms with Crippen molar-refractivity contribution in [1.82, 2.24) is 15.3 Å². The molecule has 1 aliphatic rings. The van der Waals surface area contributed by atoms with Gasteiger partial charge in [0.05, 0.1) is 40.5 Å². The molecule has 1 aliphatic heterocycles. The summed E-state index contributed by atoms with van der Waals surface area (Å²) in [7, 11) is 7.79. The van der Waals surface area contributed by atoms with Gasteiger partial charge in [-0.2, -0.15) is 5.06 Å². The number of carbonyl (C=O) groups is 4. The Balaban J connectivity index is 1.43. The zero-order chi connectivity index (χ0) is 34.2. The molecule has 3 rings (SSSR count). The Morgan fingerprint density at radius 1 is 0.936 bits per heavy atom. The number of carbonyl (C=O) groups excluding carboxylic acids is 4. The fourth-order valence-electron chi connectivity index (χ4n) is 4.50. The van der Waals surface area contributed by atoms with E-state index in [1.54, 1.807) is 52.6 Å². The molecule has 1 N–H and O–H groups in total. The molecule has 0 bridgehead atoms. The molecule has 256 valence electrons. The van der Waals surface area contributed by atoms with Crippen LogP contribution in [0.3, 0.4) is 0 Å². The van der Waals surface area contributed by atoms with E-state index in [1.807, 2.05) is 17.6 Å². The van der Waals surface area contributed by atoms with Crippen LogP contribution >= 0.6 is 11.8 Å². The van der Waals surface area contributed by atoms with Crippen molar-refractivity contribution in [1.29, 1.82) is 0 Å². The molecule has 2 aromatic rings. The van der Waals surface area contributed by atoms with Crippen LogP contribution in [0.4, 0.5) is 4.79 Å². The van der Waals surface area contributed by atoms with Crippen molar-refractivity contribution >= 4 is 41.7 Å². The van der Waals surface area contributed by atoms with Crippen molar-refractivity contribution in [2.45, 2.75) is 44.3 Å². The van der Waals surface area contributed by atoms with Crippen molar-refractivity contribution in [3.05, 3.63) is 46.9 Å². The van der Waals surface area contributed by atoms with Gasteiger partial charge in [-0.1, -0.05) is 6.07 Å². The van der Waals surface area contributed by atoms with Gasteiger partial charge in [-0.25, -0.2) is 9.59 Å². The van der Waals surface area contributed by atoms with Gasteiger partial charge in [-0.3, -0.25) is 9.59 Å². The minimum absolute atomic E-state index is 0.0191. The normalized spacial score (nSPS) is 12.8. The summed E-state index contributed by atoms with van der Waals surface area (Å²) in [5, 5.41) is 5.75. The van der Waals surface area contributed by atoms with Gasteiger partial charge in [0.15, 0.2) is 11.5 Å². The van der Waals surface area contributed by atoms with Gasteiger partial charge in [-0.05, 0) is 48.4 Å². The molecule has 2 aromatic carbocycles. The Morgan fingerprint density at radius 3 is 2.32 bits per heavy atom. The number of hydrogen-bond donors (Lipinski definition) is 1. The van der Waals surface area contributed by atoms with Gasteiger partial charge in [0.25, 0.3) is 5.91 Å². The summed E-state index contributed by atoms with van der Waals surface area (Å²) in [4.78, 5) is 55.2. The Hall–Kier alpha value is -4.59. The number of piperidine rings is 1. The van der Waals surface area contributed by atoms with Crippen molar-refractivity contribution in [2.75, 3.05) is 55.1 Å². The molecule has 0 saturated carbocycles. The molecule has 0 atom stereocenters. The van der Waals surface area contributed by atoms with Crippen LogP contribution in [0.2, 0.25) is 0 Å². The smallest absolute Gasteiger partial charge is 0.415 e. The highest BCUT2D eigenvalue weighted by atomic mass is 32.2. The number of hydroxylamine groups is 2. The van der Waals surface area contributed by atoms with Crippen molar-refractivity contribution in [2.24, 2.45) is 0 Å². The number of nitrogens with zero attached hydrogens (tertiary/aromatic N) is 2. The van der Waals surface area contributed by atoms with Crippen LogP contribution in [-0.4, -0.2) is 89.0 Å². The van der Waals surface area contributed by atoms with Gasteiger partial charge in [0, 0.05) is 57.3 Å². The average molecular weight is 674 g/mol. The number of amides is 3. The molecule has 13 nitrogen and oxygen atoms in total. The second-order valence-electron chi connectivity index (χ2n) is 10.5. The van der Waals surface area contributed by atoms with E-state index < -0.39 is 12.1 Å². The lowest BCUT2D eigenvalue weighted by atomic mass is 10.1. The topological polar surface area (TPSA) is 142 Å². The molecule has 1 heterocycles. The second kappa shape index (κ2) is 19.2. The number of hydrogen-bond acceptors (Lipinski definition) is 11. The molecule has 0 radical (unpaired) electrons. The molecule has 0 aromatic heterocycles. The summed E-state index contributed by atoms with van der Waals surface area (Å²) in [6.07, 6.45) is 3.64. The van der Waals surface area contributed by atoms with Gasteiger partial charge < -0.3 is 38.7 Å². The molecular formula is C33H43N3O10S. The van der Waals surface area contributed by atoms with E-state index in [9.17, 15) is 19.2 Å². The number of thioether (sulfide) groups is 1. The molecule has 1 saturated heterocycles. The highest BCUT2D eigenvalue weighted by Gasteiger charge is 2.22. The first-order valence-corrected chi connectivity index (χ1v) is 16.2. The number of nitrogens with one attached hydrogen (secondary N) is 1. The molecule has 3 amide bonds. The van der Waals surface area contributed by atoms with Gasteiger partial charge >= 0.3 is 12.1 Å². The average Bonchev–Trinajstić information content (AvgIpc) is 3.07. The first-order chi connectivity index (χ1) is 22.7. The summed E-state index contributed by atoms with van der Waals surface area (Å²) in [5.74, 6) is 2.11. The lowest BCUT2D eigenvalue weighted by molar-refractivity contribution is -0.201. The summed E-state index contributed by atoms with van der Waals surface area (Å²) in [6.45, 7) is 0.792. The van der Waals surface area contributed by atoms with E-state index >= 15 is 0 Å². The summed E-state index contributed by atoms with van der Waals surface area (Å²) < 4.78 is 27.3. The van der Waals surface area contributed by atoms with Crippen LogP contribution in [0, 0.1) is 0 Å². The zero-order valence-corrected chi connectivity index (χ0v) is 28.3. The third kappa shape index (κ3) is 11.6. The quantitative estimate of drug-likeness (QED) is 0.247. The maximum Gasteiger partial charge on any atom is 0.415 e. The third-order valence-electron chi connectivity index (χ3n) is 7.12. The number of likely N-dealkylation sites (N-methyl/N-ethyl adjacent to an activating group) is 1. The summed E-state index contributed by atoms with van der Waals surface area (Å²) in [5.41, 5.74) is 1.68. The Morgan fingerprint density at radius 2 is 1.66 bits per heavy atom. The highest BCUT2D eigenvalue weighted by Crippen LogP contribution is 2.36. The number of rotatable bonds is 17. The van der Waals surface area contributed by atoms with Crippen LogP contribution in [0.15, 0.2) is 35.7 Å². The zero-order valence-electron chi connectivity index (χ0n) is 27.5. The Kier molecular flexibility index (Phi) is 15.0. The largest absolute Gasteiger partial charge is 0.496 e. The predicted molar refractivity (Wildman–Crippen MR) is 177 cm³/mol. The van der Waals surface area contributed by atoms with Crippen molar-refractivity contribution < 1.29 is 47.7 Å². The highest BCUT2D eigenvalue weighted by molar-refractivity contribution is 8.01. The molecule has 0 unspecified atom stereocenters. The first kappa shape index (κ1) is 36.9. The van der Waals surface area contributed by atoms with Crippen LogP contribution < -0.4 is 29.0 Å². The van der Waals surface area contributed by atoms with Crippen LogP contribution in [0.5, 0.6) is 28.7 Å². The minimum Gasteiger partial charge on any atom is -0.496 e. The summed E-state index contributed by atoms with van der Waals surface area (Å²) >= 11 is 1.53. The van der Waals surface area contributed by atoms with Crippen LogP contribution in [0.1, 0.15) is 49.7 Å². The third-order valence-corrected chi connectivity index (χ3v) is 7.95. The lowest BCUT2D eigenvalue weighted by Crippen LogP contribution is -2.38. The molecule has 0 spiro atoms. The first-order valence-electron chi connectivity index (χ1n) is 15.1. The van der Waals surface area contributed by atoms with Crippen molar-refractivity contribution in [3.63, 3.8) is 0 Å². The molecular weight excluding hydrogens is 630 g/mol. The SMILES string of the molecule is COc1cc(OC)c(/C=C/SCc2ccc(OC)c(OC(=O)N(C)CCNC(=O)CCCC(=O)ON3CCCCC3=O)c2)c(OC)c1.